The van der Waals surface area contributed by atoms with Crippen LogP contribution >= 0.6 is 0 Å². The predicted octanol–water partition coefficient (Wildman–Crippen LogP) is 3.43. The van der Waals surface area contributed by atoms with E-state index in [1.165, 1.54) is 24.3 Å². The molecule has 0 unspecified atom stereocenters. The maximum Gasteiger partial charge on any atom is 0.335 e. The van der Waals surface area contributed by atoms with Crippen molar-refractivity contribution < 1.29 is 18.7 Å². The number of carbonyl (C=O) groups is 1. The predicted molar refractivity (Wildman–Crippen MR) is 75.4 cm³/mol. The van der Waals surface area contributed by atoms with Crippen molar-refractivity contribution in [2.24, 2.45) is 0 Å². The summed E-state index contributed by atoms with van der Waals surface area (Å²) < 4.78 is 18.5. The Morgan fingerprint density at radius 1 is 1.24 bits per heavy atom. The van der Waals surface area contributed by atoms with Gasteiger partial charge in [0.1, 0.15) is 11.3 Å². The standard InChI is InChI=1S/C15H11FN2O3/c1-18(11-5-3-10(16)4-6-11)15-17-12-7-2-9(14(19)20)8-13(12)21-15/h2-8H,1H3,(H,19,20). The number of carboxylic acids is 1. The normalized spacial score (nSPS) is 10.8. The van der Waals surface area contributed by atoms with Crippen molar-refractivity contribution in [2.75, 3.05) is 11.9 Å². The molecule has 0 radical (unpaired) electrons. The molecule has 1 aromatic heterocycles. The summed E-state index contributed by atoms with van der Waals surface area (Å²) in [5.41, 5.74) is 1.79. The van der Waals surface area contributed by atoms with Gasteiger partial charge < -0.3 is 9.52 Å². The lowest BCUT2D eigenvalue weighted by Gasteiger charge is -2.13. The van der Waals surface area contributed by atoms with Gasteiger partial charge in [-0.15, -0.1) is 0 Å². The molecule has 0 saturated carbocycles. The fourth-order valence-electron chi connectivity index (χ4n) is 1.96. The Morgan fingerprint density at radius 2 is 1.95 bits per heavy atom. The molecular weight excluding hydrogens is 275 g/mol. The molecule has 0 atom stereocenters. The maximum absolute atomic E-state index is 12.9. The highest BCUT2D eigenvalue weighted by atomic mass is 19.1. The molecular formula is C15H11FN2O3. The van der Waals surface area contributed by atoms with E-state index in [-0.39, 0.29) is 11.4 Å². The number of aromatic carboxylic acids is 1. The van der Waals surface area contributed by atoms with E-state index in [9.17, 15) is 9.18 Å². The molecule has 5 nitrogen and oxygen atoms in total. The van der Waals surface area contributed by atoms with Gasteiger partial charge in [0.15, 0.2) is 5.58 Å². The second-order valence-electron chi connectivity index (χ2n) is 4.52. The second kappa shape index (κ2) is 4.90. The first kappa shape index (κ1) is 13.1. The van der Waals surface area contributed by atoms with E-state index in [4.69, 9.17) is 9.52 Å². The number of anilines is 2. The number of aromatic nitrogens is 1. The van der Waals surface area contributed by atoms with Crippen LogP contribution in [0.2, 0.25) is 0 Å². The van der Waals surface area contributed by atoms with E-state index < -0.39 is 5.97 Å². The quantitative estimate of drug-likeness (QED) is 0.799. The lowest BCUT2D eigenvalue weighted by atomic mass is 10.2. The Labute approximate surface area is 119 Å². The molecule has 1 heterocycles. The lowest BCUT2D eigenvalue weighted by molar-refractivity contribution is 0.0697. The summed E-state index contributed by atoms with van der Waals surface area (Å²) in [4.78, 5) is 16.9. The summed E-state index contributed by atoms with van der Waals surface area (Å²) in [5.74, 6) is -1.35. The number of rotatable bonds is 3. The summed E-state index contributed by atoms with van der Waals surface area (Å²) in [6, 6.07) is 10.7. The van der Waals surface area contributed by atoms with Crippen molar-refractivity contribution in [1.82, 2.24) is 4.98 Å². The average molecular weight is 286 g/mol. The van der Waals surface area contributed by atoms with Gasteiger partial charge in [-0.1, -0.05) is 0 Å². The summed E-state index contributed by atoms with van der Waals surface area (Å²) in [6.07, 6.45) is 0. The Bertz CT molecular complexity index is 811. The molecule has 0 fully saturated rings. The second-order valence-corrected chi connectivity index (χ2v) is 4.52. The Hall–Kier alpha value is -2.89. The van der Waals surface area contributed by atoms with Crippen molar-refractivity contribution in [1.29, 1.82) is 0 Å². The van der Waals surface area contributed by atoms with Crippen LogP contribution < -0.4 is 4.90 Å². The van der Waals surface area contributed by atoms with E-state index in [0.29, 0.717) is 22.8 Å². The molecule has 0 saturated heterocycles. The van der Waals surface area contributed by atoms with Crippen molar-refractivity contribution in [2.45, 2.75) is 0 Å². The van der Waals surface area contributed by atoms with Crippen LogP contribution in [0.5, 0.6) is 0 Å². The molecule has 0 aliphatic rings. The Morgan fingerprint density at radius 3 is 2.62 bits per heavy atom. The first-order chi connectivity index (χ1) is 10.0. The van der Waals surface area contributed by atoms with Gasteiger partial charge in [0.25, 0.3) is 0 Å². The topological polar surface area (TPSA) is 66.6 Å². The zero-order valence-corrected chi connectivity index (χ0v) is 11.1. The van der Waals surface area contributed by atoms with Crippen LogP contribution in [0.3, 0.4) is 0 Å². The molecule has 1 N–H and O–H groups in total. The van der Waals surface area contributed by atoms with Crippen LogP contribution in [0.15, 0.2) is 46.9 Å². The van der Waals surface area contributed by atoms with Crippen molar-refractivity contribution in [3.8, 4) is 0 Å². The minimum Gasteiger partial charge on any atom is -0.478 e. The molecule has 3 rings (SSSR count). The summed E-state index contributed by atoms with van der Waals surface area (Å²) in [5, 5.41) is 8.96. The number of nitrogens with zero attached hydrogens (tertiary/aromatic N) is 2. The average Bonchev–Trinajstić information content (AvgIpc) is 2.90. The van der Waals surface area contributed by atoms with Crippen LogP contribution in [0, 0.1) is 5.82 Å². The molecule has 106 valence electrons. The van der Waals surface area contributed by atoms with Gasteiger partial charge >= 0.3 is 12.0 Å². The third-order valence-corrected chi connectivity index (χ3v) is 3.12. The number of benzene rings is 2. The van der Waals surface area contributed by atoms with Crippen LogP contribution in [-0.2, 0) is 0 Å². The number of oxazole rings is 1. The molecule has 0 bridgehead atoms. The minimum atomic E-state index is -1.03. The van der Waals surface area contributed by atoms with Crippen molar-refractivity contribution in [3.05, 3.63) is 53.8 Å². The molecule has 0 aliphatic heterocycles. The van der Waals surface area contributed by atoms with Crippen LogP contribution in [-0.4, -0.2) is 23.1 Å². The molecule has 0 amide bonds. The van der Waals surface area contributed by atoms with Gasteiger partial charge in [0, 0.05) is 12.7 Å². The maximum atomic E-state index is 12.9. The van der Waals surface area contributed by atoms with Gasteiger partial charge in [-0.3, -0.25) is 4.90 Å². The third-order valence-electron chi connectivity index (χ3n) is 3.12. The number of halogens is 1. The smallest absolute Gasteiger partial charge is 0.335 e. The van der Waals surface area contributed by atoms with Gasteiger partial charge in [-0.2, -0.15) is 4.98 Å². The van der Waals surface area contributed by atoms with E-state index >= 15 is 0 Å². The first-order valence-electron chi connectivity index (χ1n) is 6.18. The van der Waals surface area contributed by atoms with E-state index in [1.807, 2.05) is 0 Å². The minimum absolute atomic E-state index is 0.134. The SMILES string of the molecule is CN(c1ccc(F)cc1)c1nc2ccc(C(=O)O)cc2o1. The molecule has 6 heteroatoms. The zero-order valence-electron chi connectivity index (χ0n) is 11.1. The molecule has 0 spiro atoms. The third kappa shape index (κ3) is 2.43. The highest BCUT2D eigenvalue weighted by Gasteiger charge is 2.14. The fourth-order valence-corrected chi connectivity index (χ4v) is 1.96. The van der Waals surface area contributed by atoms with Gasteiger partial charge in [0.2, 0.25) is 0 Å². The van der Waals surface area contributed by atoms with E-state index in [1.54, 1.807) is 30.1 Å². The zero-order chi connectivity index (χ0) is 15.0. The molecule has 21 heavy (non-hydrogen) atoms. The number of hydrogen-bond donors (Lipinski definition) is 1. The van der Waals surface area contributed by atoms with Crippen LogP contribution in [0.1, 0.15) is 10.4 Å². The fraction of sp³-hybridized carbons (Fsp3) is 0.0667. The van der Waals surface area contributed by atoms with Gasteiger partial charge in [-0.25, -0.2) is 9.18 Å². The van der Waals surface area contributed by atoms with Gasteiger partial charge in [0.05, 0.1) is 5.56 Å². The monoisotopic (exact) mass is 286 g/mol. The molecule has 3 aromatic rings. The Kier molecular flexibility index (Phi) is 3.06. The number of carboxylic acid groups (broad SMARTS) is 1. The molecule has 2 aromatic carbocycles. The highest BCUT2D eigenvalue weighted by molar-refractivity contribution is 5.92. The summed E-state index contributed by atoms with van der Waals surface area (Å²) in [6.45, 7) is 0. The first-order valence-corrected chi connectivity index (χ1v) is 6.18. The van der Waals surface area contributed by atoms with Gasteiger partial charge in [-0.05, 0) is 42.5 Å². The highest BCUT2D eigenvalue weighted by Crippen LogP contribution is 2.27. The summed E-state index contributed by atoms with van der Waals surface area (Å²) in [7, 11) is 1.73. The van der Waals surface area contributed by atoms with E-state index in [0.717, 1.165) is 0 Å². The Balaban J connectivity index is 2.00. The van der Waals surface area contributed by atoms with E-state index in [2.05, 4.69) is 4.98 Å². The summed E-state index contributed by atoms with van der Waals surface area (Å²) >= 11 is 0. The number of fused-ring (bicyclic) bond motifs is 1. The number of hydrogen-bond acceptors (Lipinski definition) is 4. The molecule has 0 aliphatic carbocycles. The van der Waals surface area contributed by atoms with Crippen LogP contribution in [0.4, 0.5) is 16.1 Å². The van der Waals surface area contributed by atoms with Crippen LogP contribution in [0.25, 0.3) is 11.1 Å². The van der Waals surface area contributed by atoms with Crippen molar-refractivity contribution in [3.63, 3.8) is 0 Å². The lowest BCUT2D eigenvalue weighted by Crippen LogP contribution is -2.09. The van der Waals surface area contributed by atoms with Crippen molar-refractivity contribution >= 4 is 28.8 Å². The largest absolute Gasteiger partial charge is 0.478 e.